The number of methoxy groups -OCH3 is 2. The first-order valence-corrected chi connectivity index (χ1v) is 14.6. The van der Waals surface area contributed by atoms with E-state index in [0.29, 0.717) is 93.2 Å². The zero-order valence-corrected chi connectivity index (χ0v) is 24.9. The van der Waals surface area contributed by atoms with Gasteiger partial charge in [0, 0.05) is 38.7 Å². The Balaban J connectivity index is 1.38. The molecule has 230 valence electrons. The van der Waals surface area contributed by atoms with Crippen molar-refractivity contribution in [3.63, 3.8) is 0 Å². The maximum absolute atomic E-state index is 13.6. The summed E-state index contributed by atoms with van der Waals surface area (Å²) >= 11 is 0. The average molecular weight is 594 g/mol. The molecule has 1 aromatic heterocycles. The molecular formula is C31H39N5O7. The van der Waals surface area contributed by atoms with Crippen molar-refractivity contribution in [2.24, 2.45) is 0 Å². The molecule has 2 aliphatic heterocycles. The Morgan fingerprint density at radius 3 is 2.84 bits per heavy atom. The Morgan fingerprint density at radius 2 is 2.02 bits per heavy atom. The van der Waals surface area contributed by atoms with Gasteiger partial charge in [0.05, 0.1) is 45.6 Å². The van der Waals surface area contributed by atoms with Crippen LogP contribution in [0.2, 0.25) is 0 Å². The lowest BCUT2D eigenvalue weighted by atomic mass is 10.0. The van der Waals surface area contributed by atoms with Gasteiger partial charge in [-0.25, -0.2) is 0 Å². The van der Waals surface area contributed by atoms with E-state index in [-0.39, 0.29) is 30.5 Å². The van der Waals surface area contributed by atoms with Crippen molar-refractivity contribution in [3.05, 3.63) is 65.3 Å². The van der Waals surface area contributed by atoms with Crippen LogP contribution in [0.5, 0.6) is 17.2 Å². The van der Waals surface area contributed by atoms with Crippen LogP contribution in [0, 0.1) is 0 Å². The van der Waals surface area contributed by atoms with Crippen LogP contribution in [-0.4, -0.2) is 90.9 Å². The topological polar surface area (TPSA) is 128 Å². The SMILES string of the molecule is CCCN1CC(=O)N[C@H]2CCN(Cc3nc(CCOC)no3)C[C@@H]2OCc2cccc(c2)Oc2cc(ccc2OC)C1=O. The Morgan fingerprint density at radius 1 is 1.14 bits per heavy atom. The van der Waals surface area contributed by atoms with E-state index < -0.39 is 0 Å². The summed E-state index contributed by atoms with van der Waals surface area (Å²) in [6, 6.07) is 12.4. The second-order valence-electron chi connectivity index (χ2n) is 10.7. The van der Waals surface area contributed by atoms with Gasteiger partial charge in [0.2, 0.25) is 11.8 Å². The predicted octanol–water partition coefficient (Wildman–Crippen LogP) is 3.20. The minimum Gasteiger partial charge on any atom is -0.493 e. The van der Waals surface area contributed by atoms with Gasteiger partial charge in [-0.05, 0) is 48.7 Å². The number of likely N-dealkylation sites (tertiary alicyclic amines) is 1. The molecule has 0 aliphatic carbocycles. The summed E-state index contributed by atoms with van der Waals surface area (Å²) in [5, 5.41) is 7.20. The molecule has 2 aliphatic rings. The van der Waals surface area contributed by atoms with E-state index in [1.807, 2.05) is 31.2 Å². The van der Waals surface area contributed by atoms with E-state index in [1.165, 1.54) is 0 Å². The van der Waals surface area contributed by atoms with E-state index in [9.17, 15) is 9.59 Å². The molecule has 1 N–H and O–H groups in total. The largest absolute Gasteiger partial charge is 0.493 e. The lowest BCUT2D eigenvalue weighted by Crippen LogP contribution is -2.56. The quantitative estimate of drug-likeness (QED) is 0.416. The third-order valence-electron chi connectivity index (χ3n) is 7.50. The molecule has 0 radical (unpaired) electrons. The first kappa shape index (κ1) is 30.5. The van der Waals surface area contributed by atoms with Crippen LogP contribution in [-0.2, 0) is 33.8 Å². The molecule has 43 heavy (non-hydrogen) atoms. The second-order valence-corrected chi connectivity index (χ2v) is 10.7. The monoisotopic (exact) mass is 593 g/mol. The highest BCUT2D eigenvalue weighted by Crippen LogP contribution is 2.33. The Kier molecular flexibility index (Phi) is 10.2. The summed E-state index contributed by atoms with van der Waals surface area (Å²) in [6.07, 6.45) is 1.64. The summed E-state index contributed by atoms with van der Waals surface area (Å²) in [6.45, 7) is 4.92. The van der Waals surface area contributed by atoms with Gasteiger partial charge in [-0.2, -0.15) is 4.98 Å². The molecule has 5 rings (SSSR count). The number of nitrogens with zero attached hydrogens (tertiary/aromatic N) is 4. The number of amides is 2. The first-order valence-electron chi connectivity index (χ1n) is 14.6. The zero-order chi connectivity index (χ0) is 30.2. The molecule has 2 atom stereocenters. The van der Waals surface area contributed by atoms with Crippen LogP contribution < -0.4 is 14.8 Å². The molecule has 2 amide bonds. The summed E-state index contributed by atoms with van der Waals surface area (Å²) in [5.41, 5.74) is 1.33. The highest BCUT2D eigenvalue weighted by atomic mass is 16.5. The lowest BCUT2D eigenvalue weighted by molar-refractivity contribution is -0.125. The van der Waals surface area contributed by atoms with Gasteiger partial charge >= 0.3 is 0 Å². The number of carbonyl (C=O) groups excluding carboxylic acids is 2. The molecule has 0 spiro atoms. The molecule has 1 fully saturated rings. The van der Waals surface area contributed by atoms with Crippen LogP contribution in [0.3, 0.4) is 0 Å². The molecule has 3 aromatic rings. The second kappa shape index (κ2) is 14.5. The molecule has 1 saturated heterocycles. The van der Waals surface area contributed by atoms with Crippen molar-refractivity contribution in [1.82, 2.24) is 25.3 Å². The number of piperidine rings is 1. The number of aromatic nitrogens is 2. The maximum atomic E-state index is 13.6. The van der Waals surface area contributed by atoms with Crippen LogP contribution in [0.25, 0.3) is 0 Å². The molecule has 3 heterocycles. The van der Waals surface area contributed by atoms with Crippen molar-refractivity contribution in [1.29, 1.82) is 0 Å². The van der Waals surface area contributed by atoms with E-state index >= 15 is 0 Å². The zero-order valence-electron chi connectivity index (χ0n) is 24.9. The molecule has 12 heteroatoms. The van der Waals surface area contributed by atoms with Crippen LogP contribution in [0.4, 0.5) is 0 Å². The Hall–Kier alpha value is -4.00. The third-order valence-corrected chi connectivity index (χ3v) is 7.50. The molecule has 0 unspecified atom stereocenters. The number of ether oxygens (including phenoxy) is 4. The highest BCUT2D eigenvalue weighted by Gasteiger charge is 2.33. The third kappa shape index (κ3) is 7.89. The van der Waals surface area contributed by atoms with Gasteiger partial charge in [0.25, 0.3) is 5.91 Å². The van der Waals surface area contributed by atoms with Crippen molar-refractivity contribution < 1.29 is 33.1 Å². The smallest absolute Gasteiger partial charge is 0.254 e. The van der Waals surface area contributed by atoms with Gasteiger partial charge < -0.3 is 33.7 Å². The van der Waals surface area contributed by atoms with E-state index in [4.69, 9.17) is 23.5 Å². The summed E-state index contributed by atoms with van der Waals surface area (Å²) in [5.74, 6) is 2.16. The molecule has 2 aromatic carbocycles. The van der Waals surface area contributed by atoms with E-state index in [1.54, 1.807) is 37.3 Å². The summed E-state index contributed by atoms with van der Waals surface area (Å²) in [7, 11) is 3.19. The highest BCUT2D eigenvalue weighted by molar-refractivity contribution is 5.97. The average Bonchev–Trinajstić information content (AvgIpc) is 3.46. The van der Waals surface area contributed by atoms with Gasteiger partial charge in [0.1, 0.15) is 5.75 Å². The number of rotatable bonds is 8. The molecule has 12 nitrogen and oxygen atoms in total. The first-order chi connectivity index (χ1) is 20.9. The maximum Gasteiger partial charge on any atom is 0.254 e. The van der Waals surface area contributed by atoms with Crippen LogP contribution >= 0.6 is 0 Å². The minimum atomic E-state index is -0.311. The van der Waals surface area contributed by atoms with Gasteiger partial charge in [0.15, 0.2) is 17.3 Å². The lowest BCUT2D eigenvalue weighted by Gasteiger charge is -2.38. The molecule has 4 bridgehead atoms. The fourth-order valence-electron chi connectivity index (χ4n) is 5.35. The number of fused-ring (bicyclic) bond motifs is 5. The van der Waals surface area contributed by atoms with Crippen molar-refractivity contribution in [3.8, 4) is 17.2 Å². The van der Waals surface area contributed by atoms with Crippen molar-refractivity contribution in [2.75, 3.05) is 47.0 Å². The number of nitrogens with one attached hydrogen (secondary N) is 1. The fourth-order valence-corrected chi connectivity index (χ4v) is 5.35. The van der Waals surface area contributed by atoms with Gasteiger partial charge in [-0.1, -0.05) is 24.2 Å². The Labute approximate surface area is 251 Å². The number of carbonyl (C=O) groups is 2. The van der Waals surface area contributed by atoms with E-state index in [2.05, 4.69) is 20.4 Å². The Bertz CT molecular complexity index is 1400. The number of hydrogen-bond acceptors (Lipinski definition) is 10. The minimum absolute atomic E-state index is 0.0624. The standard InChI is InChI=1S/C31H39N5O7/c1-4-12-36-18-29(37)32-24-10-13-35(19-30-33-28(34-43-30)11-14-39-2)17-27(24)41-20-21-6-5-7-23(15-21)42-26-16-22(31(36)38)8-9-25(26)40-3/h5-9,15-16,24,27H,4,10-14,17-20H2,1-3H3,(H,32,37)/t24-,27-/m0/s1. The predicted molar refractivity (Wildman–Crippen MR) is 156 cm³/mol. The van der Waals surface area contributed by atoms with Crippen molar-refractivity contribution in [2.45, 2.75) is 51.5 Å². The van der Waals surface area contributed by atoms with Gasteiger partial charge in [-0.15, -0.1) is 0 Å². The van der Waals surface area contributed by atoms with E-state index in [0.717, 1.165) is 5.56 Å². The summed E-state index contributed by atoms with van der Waals surface area (Å²) in [4.78, 5) is 35.1. The molecule has 0 saturated carbocycles. The normalized spacial score (nSPS) is 19.8. The van der Waals surface area contributed by atoms with Crippen LogP contribution in [0.1, 0.15) is 47.4 Å². The molecular weight excluding hydrogens is 554 g/mol. The number of hydrogen-bond donors (Lipinski definition) is 1. The van der Waals surface area contributed by atoms with Gasteiger partial charge in [-0.3, -0.25) is 14.5 Å². The van der Waals surface area contributed by atoms with Crippen molar-refractivity contribution >= 4 is 11.8 Å². The fraction of sp³-hybridized carbons (Fsp3) is 0.484. The van der Waals surface area contributed by atoms with Crippen LogP contribution in [0.15, 0.2) is 47.0 Å². The number of benzene rings is 2. The summed E-state index contributed by atoms with van der Waals surface area (Å²) < 4.78 is 28.7.